The van der Waals surface area contributed by atoms with Crippen molar-refractivity contribution in [2.24, 2.45) is 0 Å². The van der Waals surface area contributed by atoms with Crippen molar-refractivity contribution in [3.63, 3.8) is 0 Å². The lowest BCUT2D eigenvalue weighted by atomic mass is 10.2. The molecule has 0 fully saturated rings. The SMILES string of the molecule is CC(O)COc1ccc(NC(=O)OCc2ccccc2)cc1. The number of aliphatic hydroxyl groups excluding tert-OH is 1. The Hall–Kier alpha value is -2.53. The number of nitrogens with one attached hydrogen (secondary N) is 1. The molecule has 1 amide bonds. The molecule has 1 atom stereocenters. The Balaban J connectivity index is 1.79. The van der Waals surface area contributed by atoms with Crippen LogP contribution in [0.5, 0.6) is 5.75 Å². The van der Waals surface area contributed by atoms with Crippen LogP contribution in [0.15, 0.2) is 54.6 Å². The highest BCUT2D eigenvalue weighted by Crippen LogP contribution is 2.16. The molecule has 0 spiro atoms. The molecule has 0 saturated heterocycles. The number of ether oxygens (including phenoxy) is 2. The van der Waals surface area contributed by atoms with E-state index < -0.39 is 12.2 Å². The molecule has 2 aromatic rings. The maximum atomic E-state index is 11.7. The number of benzene rings is 2. The maximum absolute atomic E-state index is 11.7. The smallest absolute Gasteiger partial charge is 0.411 e. The van der Waals surface area contributed by atoms with Gasteiger partial charge in [-0.25, -0.2) is 4.79 Å². The highest BCUT2D eigenvalue weighted by molar-refractivity contribution is 5.84. The van der Waals surface area contributed by atoms with Crippen molar-refractivity contribution in [3.05, 3.63) is 60.2 Å². The number of hydrogen-bond donors (Lipinski definition) is 2. The first-order chi connectivity index (χ1) is 10.6. The second-order valence-corrected chi connectivity index (χ2v) is 4.87. The number of aliphatic hydroxyl groups is 1. The Bertz CT molecular complexity index is 581. The molecule has 0 radical (unpaired) electrons. The zero-order chi connectivity index (χ0) is 15.8. The Morgan fingerprint density at radius 1 is 1.14 bits per heavy atom. The number of carbonyl (C=O) groups is 1. The van der Waals surface area contributed by atoms with Crippen LogP contribution in [0.4, 0.5) is 10.5 Å². The molecule has 5 nitrogen and oxygen atoms in total. The van der Waals surface area contributed by atoms with Crippen molar-refractivity contribution in [2.75, 3.05) is 11.9 Å². The van der Waals surface area contributed by atoms with Crippen LogP contribution in [0.1, 0.15) is 12.5 Å². The van der Waals surface area contributed by atoms with Gasteiger partial charge in [0.2, 0.25) is 0 Å². The Morgan fingerprint density at radius 2 is 1.82 bits per heavy atom. The molecule has 0 heterocycles. The Morgan fingerprint density at radius 3 is 2.45 bits per heavy atom. The van der Waals surface area contributed by atoms with E-state index in [0.717, 1.165) is 5.56 Å². The van der Waals surface area contributed by atoms with Crippen LogP contribution < -0.4 is 10.1 Å². The van der Waals surface area contributed by atoms with Crippen LogP contribution in [-0.4, -0.2) is 23.9 Å². The van der Waals surface area contributed by atoms with E-state index in [1.54, 1.807) is 31.2 Å². The van der Waals surface area contributed by atoms with E-state index >= 15 is 0 Å². The molecule has 1 unspecified atom stereocenters. The summed E-state index contributed by atoms with van der Waals surface area (Å²) in [5, 5.41) is 11.8. The fraction of sp³-hybridized carbons (Fsp3) is 0.235. The monoisotopic (exact) mass is 301 g/mol. The van der Waals surface area contributed by atoms with Gasteiger partial charge in [0, 0.05) is 5.69 Å². The minimum Gasteiger partial charge on any atom is -0.491 e. The van der Waals surface area contributed by atoms with Gasteiger partial charge < -0.3 is 14.6 Å². The van der Waals surface area contributed by atoms with Crippen LogP contribution >= 0.6 is 0 Å². The van der Waals surface area contributed by atoms with Crippen LogP contribution in [0, 0.1) is 0 Å². The molecular formula is C17H19NO4. The van der Waals surface area contributed by atoms with E-state index in [9.17, 15) is 4.79 Å². The minimum absolute atomic E-state index is 0.224. The lowest BCUT2D eigenvalue weighted by molar-refractivity contribution is 0.123. The van der Waals surface area contributed by atoms with Crippen LogP contribution in [0.25, 0.3) is 0 Å². The lowest BCUT2D eigenvalue weighted by Gasteiger charge is -2.10. The third kappa shape index (κ3) is 5.46. The van der Waals surface area contributed by atoms with E-state index in [0.29, 0.717) is 11.4 Å². The first-order valence-electron chi connectivity index (χ1n) is 7.02. The second kappa shape index (κ2) is 8.05. The fourth-order valence-electron chi connectivity index (χ4n) is 1.73. The van der Waals surface area contributed by atoms with Gasteiger partial charge in [0.25, 0.3) is 0 Å². The summed E-state index contributed by atoms with van der Waals surface area (Å²) in [6.07, 6.45) is -1.03. The van der Waals surface area contributed by atoms with Gasteiger partial charge >= 0.3 is 6.09 Å². The predicted molar refractivity (Wildman–Crippen MR) is 83.9 cm³/mol. The number of amides is 1. The summed E-state index contributed by atoms with van der Waals surface area (Å²) in [6.45, 7) is 2.10. The second-order valence-electron chi connectivity index (χ2n) is 4.87. The van der Waals surface area contributed by atoms with Crippen molar-refractivity contribution < 1.29 is 19.4 Å². The quantitative estimate of drug-likeness (QED) is 0.860. The van der Waals surface area contributed by atoms with Gasteiger partial charge in [-0.2, -0.15) is 0 Å². The molecule has 0 aliphatic rings. The van der Waals surface area contributed by atoms with Gasteiger partial charge in [0.15, 0.2) is 0 Å². The Kier molecular flexibility index (Phi) is 5.80. The molecule has 2 N–H and O–H groups in total. The van der Waals surface area contributed by atoms with Gasteiger partial charge in [0.05, 0.1) is 6.10 Å². The predicted octanol–water partition coefficient (Wildman–Crippen LogP) is 3.19. The van der Waals surface area contributed by atoms with Crippen molar-refractivity contribution in [2.45, 2.75) is 19.6 Å². The first kappa shape index (κ1) is 15.9. The summed E-state index contributed by atoms with van der Waals surface area (Å²) in [7, 11) is 0. The van der Waals surface area contributed by atoms with Gasteiger partial charge in [-0.3, -0.25) is 5.32 Å². The standard InChI is InChI=1S/C17H19NO4/c1-13(19)11-21-16-9-7-15(8-10-16)18-17(20)22-12-14-5-3-2-4-6-14/h2-10,13,19H,11-12H2,1H3,(H,18,20). The van der Waals surface area contributed by atoms with Crippen LogP contribution in [0.3, 0.4) is 0 Å². The van der Waals surface area contributed by atoms with E-state index in [-0.39, 0.29) is 13.2 Å². The largest absolute Gasteiger partial charge is 0.491 e. The summed E-state index contributed by atoms with van der Waals surface area (Å²) in [6, 6.07) is 16.3. The lowest BCUT2D eigenvalue weighted by Crippen LogP contribution is -2.14. The number of anilines is 1. The summed E-state index contributed by atoms with van der Waals surface area (Å²) >= 11 is 0. The van der Waals surface area contributed by atoms with Crippen molar-refractivity contribution >= 4 is 11.8 Å². The molecule has 0 aliphatic carbocycles. The maximum Gasteiger partial charge on any atom is 0.411 e. The highest BCUT2D eigenvalue weighted by Gasteiger charge is 2.04. The zero-order valence-corrected chi connectivity index (χ0v) is 12.4. The van der Waals surface area contributed by atoms with Crippen molar-refractivity contribution in [1.82, 2.24) is 0 Å². The average Bonchev–Trinajstić information content (AvgIpc) is 2.53. The minimum atomic E-state index is -0.522. The molecule has 22 heavy (non-hydrogen) atoms. The summed E-state index contributed by atoms with van der Waals surface area (Å²) in [5.41, 5.74) is 1.54. The van der Waals surface area contributed by atoms with E-state index in [1.807, 2.05) is 30.3 Å². The Labute approximate surface area is 129 Å². The highest BCUT2D eigenvalue weighted by atomic mass is 16.5. The van der Waals surface area contributed by atoms with Crippen molar-refractivity contribution in [3.8, 4) is 5.75 Å². The number of rotatable bonds is 6. The molecular weight excluding hydrogens is 282 g/mol. The summed E-state index contributed by atoms with van der Waals surface area (Å²) in [4.78, 5) is 11.7. The van der Waals surface area contributed by atoms with Gasteiger partial charge in [-0.1, -0.05) is 30.3 Å². The zero-order valence-electron chi connectivity index (χ0n) is 12.4. The van der Waals surface area contributed by atoms with E-state index in [2.05, 4.69) is 5.32 Å². The van der Waals surface area contributed by atoms with Crippen LogP contribution in [-0.2, 0) is 11.3 Å². The number of hydrogen-bond acceptors (Lipinski definition) is 4. The number of carbonyl (C=O) groups excluding carboxylic acids is 1. The van der Waals surface area contributed by atoms with E-state index in [1.165, 1.54) is 0 Å². The van der Waals surface area contributed by atoms with Gasteiger partial charge in [-0.05, 0) is 36.8 Å². The molecule has 5 heteroatoms. The van der Waals surface area contributed by atoms with Gasteiger partial charge in [-0.15, -0.1) is 0 Å². The van der Waals surface area contributed by atoms with Crippen LogP contribution in [0.2, 0.25) is 0 Å². The average molecular weight is 301 g/mol. The molecule has 0 aliphatic heterocycles. The van der Waals surface area contributed by atoms with Gasteiger partial charge in [0.1, 0.15) is 19.0 Å². The summed E-state index contributed by atoms with van der Waals surface area (Å²) in [5.74, 6) is 0.629. The third-order valence-electron chi connectivity index (χ3n) is 2.80. The molecule has 0 bridgehead atoms. The third-order valence-corrected chi connectivity index (χ3v) is 2.80. The first-order valence-corrected chi connectivity index (χ1v) is 7.02. The van der Waals surface area contributed by atoms with Crippen molar-refractivity contribution in [1.29, 1.82) is 0 Å². The van der Waals surface area contributed by atoms with E-state index in [4.69, 9.17) is 14.6 Å². The molecule has 2 rings (SSSR count). The molecule has 2 aromatic carbocycles. The normalized spacial score (nSPS) is 11.5. The molecule has 0 saturated carbocycles. The molecule has 116 valence electrons. The molecule has 0 aromatic heterocycles. The topological polar surface area (TPSA) is 67.8 Å². The summed E-state index contributed by atoms with van der Waals surface area (Å²) < 4.78 is 10.5. The fourth-order valence-corrected chi connectivity index (χ4v) is 1.73.